The van der Waals surface area contributed by atoms with Crippen molar-refractivity contribution < 1.29 is 24.4 Å². The standard InChI is InChI=1S/C38H53N3O5/c1-6-10-12-16-26-45-32-24-18-21-29(37(32,42)8-3)35-39-34(28-20-14-15-23-31(28)44-5)40-36(41-35)30-22-19-25-33(38(30,43)9-4)46-27-17-13-11-7-2/h14-15,18-25,29-30,42-43H,6-13,16-17,26-27H2,1-5H3. The molecule has 1 aromatic carbocycles. The summed E-state index contributed by atoms with van der Waals surface area (Å²) in [6.07, 6.45) is 20.8. The van der Waals surface area contributed by atoms with Crippen LogP contribution in [0, 0.1) is 0 Å². The van der Waals surface area contributed by atoms with Crippen molar-refractivity contribution in [3.8, 4) is 17.1 Å². The molecule has 0 saturated carbocycles. The van der Waals surface area contributed by atoms with Crippen molar-refractivity contribution in [2.75, 3.05) is 20.3 Å². The van der Waals surface area contributed by atoms with Gasteiger partial charge in [-0.15, -0.1) is 0 Å². The molecule has 1 heterocycles. The van der Waals surface area contributed by atoms with Gasteiger partial charge in [-0.25, -0.2) is 15.0 Å². The van der Waals surface area contributed by atoms with Crippen LogP contribution in [-0.2, 0) is 9.47 Å². The first-order chi connectivity index (χ1) is 22.4. The number of ether oxygens (including phenoxy) is 3. The number of unbranched alkanes of at least 4 members (excludes halogenated alkanes) is 6. The molecule has 0 radical (unpaired) electrons. The Labute approximate surface area is 275 Å². The average Bonchev–Trinajstić information content (AvgIpc) is 3.09. The Morgan fingerprint density at radius 1 is 0.674 bits per heavy atom. The van der Waals surface area contributed by atoms with Crippen LogP contribution in [0.4, 0.5) is 0 Å². The first kappa shape index (κ1) is 35.4. The lowest BCUT2D eigenvalue weighted by molar-refractivity contribution is -0.0107. The van der Waals surface area contributed by atoms with Crippen LogP contribution in [0.2, 0.25) is 0 Å². The predicted molar refractivity (Wildman–Crippen MR) is 182 cm³/mol. The number of hydrogen-bond donors (Lipinski definition) is 2. The molecule has 2 N–H and O–H groups in total. The van der Waals surface area contributed by atoms with E-state index in [0.717, 1.165) is 51.4 Å². The monoisotopic (exact) mass is 631 g/mol. The summed E-state index contributed by atoms with van der Waals surface area (Å²) in [5.74, 6) is 1.65. The lowest BCUT2D eigenvalue weighted by Gasteiger charge is -2.38. The molecule has 0 saturated heterocycles. The number of aliphatic hydroxyl groups is 2. The van der Waals surface area contributed by atoms with Crippen LogP contribution >= 0.6 is 0 Å². The summed E-state index contributed by atoms with van der Waals surface area (Å²) >= 11 is 0. The minimum absolute atomic E-state index is 0.398. The molecule has 4 unspecified atom stereocenters. The van der Waals surface area contributed by atoms with E-state index in [1.165, 1.54) is 0 Å². The number of para-hydroxylation sites is 1. The van der Waals surface area contributed by atoms with Crippen LogP contribution < -0.4 is 4.74 Å². The Balaban J connectivity index is 1.75. The highest BCUT2D eigenvalue weighted by atomic mass is 16.5. The van der Waals surface area contributed by atoms with Gasteiger partial charge >= 0.3 is 0 Å². The van der Waals surface area contributed by atoms with Gasteiger partial charge in [0.05, 0.1) is 37.7 Å². The van der Waals surface area contributed by atoms with Gasteiger partial charge in [-0.2, -0.15) is 0 Å². The van der Waals surface area contributed by atoms with Crippen molar-refractivity contribution in [3.63, 3.8) is 0 Å². The highest BCUT2D eigenvalue weighted by Crippen LogP contribution is 2.44. The van der Waals surface area contributed by atoms with E-state index in [0.29, 0.717) is 66.4 Å². The molecule has 2 aliphatic rings. The Kier molecular flexibility index (Phi) is 13.0. The highest BCUT2D eigenvalue weighted by Gasteiger charge is 2.46. The molecule has 8 nitrogen and oxygen atoms in total. The lowest BCUT2D eigenvalue weighted by atomic mass is 9.78. The molecule has 8 heteroatoms. The number of hydrogen-bond acceptors (Lipinski definition) is 8. The quantitative estimate of drug-likeness (QED) is 0.159. The normalized spacial score (nSPS) is 24.0. The van der Waals surface area contributed by atoms with E-state index >= 15 is 0 Å². The number of nitrogens with zero attached hydrogens (tertiary/aromatic N) is 3. The average molecular weight is 632 g/mol. The number of rotatable bonds is 18. The van der Waals surface area contributed by atoms with Gasteiger partial charge in [0.25, 0.3) is 0 Å². The summed E-state index contributed by atoms with van der Waals surface area (Å²) in [4.78, 5) is 14.9. The van der Waals surface area contributed by atoms with Crippen LogP contribution in [0.3, 0.4) is 0 Å². The summed E-state index contributed by atoms with van der Waals surface area (Å²) in [5.41, 5.74) is -2.01. The summed E-state index contributed by atoms with van der Waals surface area (Å²) in [5, 5.41) is 24.4. The second-order valence-electron chi connectivity index (χ2n) is 12.2. The molecule has 0 amide bonds. The summed E-state index contributed by atoms with van der Waals surface area (Å²) in [7, 11) is 1.62. The van der Waals surface area contributed by atoms with Crippen molar-refractivity contribution in [3.05, 3.63) is 83.9 Å². The molecular weight excluding hydrogens is 578 g/mol. The maximum Gasteiger partial charge on any atom is 0.167 e. The summed E-state index contributed by atoms with van der Waals surface area (Å²) in [6, 6.07) is 7.58. The third kappa shape index (κ3) is 7.89. The minimum Gasteiger partial charge on any atom is -0.496 e. The Bertz CT molecular complexity index is 1320. The zero-order valence-electron chi connectivity index (χ0n) is 28.4. The van der Waals surface area contributed by atoms with E-state index in [-0.39, 0.29) is 0 Å². The van der Waals surface area contributed by atoms with Crippen LogP contribution in [0.1, 0.15) is 115 Å². The molecule has 0 spiro atoms. The fourth-order valence-electron chi connectivity index (χ4n) is 6.21. The lowest BCUT2D eigenvalue weighted by Crippen LogP contribution is -2.42. The number of aromatic nitrogens is 3. The van der Waals surface area contributed by atoms with Crippen LogP contribution in [0.5, 0.6) is 5.75 Å². The van der Waals surface area contributed by atoms with Crippen LogP contribution in [-0.4, -0.2) is 56.7 Å². The SMILES string of the molecule is CCCCCCOC1=CC=CC(c2nc(-c3ccccc3OC)nc(C3C=CC=C(OCCCCCC)C3(O)CC)n2)C1(O)CC. The fourth-order valence-corrected chi connectivity index (χ4v) is 6.21. The Morgan fingerprint density at radius 2 is 1.17 bits per heavy atom. The van der Waals surface area contributed by atoms with E-state index in [4.69, 9.17) is 29.2 Å². The maximum atomic E-state index is 12.2. The molecule has 4 rings (SSSR count). The molecule has 0 aliphatic heterocycles. The van der Waals surface area contributed by atoms with Gasteiger partial charge in [0.2, 0.25) is 0 Å². The molecular formula is C38H53N3O5. The number of benzene rings is 1. The predicted octanol–water partition coefficient (Wildman–Crippen LogP) is 8.10. The molecule has 0 bridgehead atoms. The third-order valence-electron chi connectivity index (χ3n) is 9.15. The zero-order valence-corrected chi connectivity index (χ0v) is 28.4. The van der Waals surface area contributed by atoms with Crippen molar-refractivity contribution in [2.45, 2.75) is 115 Å². The largest absolute Gasteiger partial charge is 0.496 e. The van der Waals surface area contributed by atoms with Crippen molar-refractivity contribution in [1.82, 2.24) is 15.0 Å². The van der Waals surface area contributed by atoms with Crippen LogP contribution in [0.25, 0.3) is 11.4 Å². The van der Waals surface area contributed by atoms with Gasteiger partial charge in [0.15, 0.2) is 5.82 Å². The minimum atomic E-state index is -1.35. The Hall–Kier alpha value is -3.49. The molecule has 0 fully saturated rings. The first-order valence-electron chi connectivity index (χ1n) is 17.2. The van der Waals surface area contributed by atoms with Crippen molar-refractivity contribution in [1.29, 1.82) is 0 Å². The van der Waals surface area contributed by atoms with E-state index in [1.807, 2.05) is 74.6 Å². The third-order valence-corrected chi connectivity index (χ3v) is 9.15. The zero-order chi connectivity index (χ0) is 33.0. The van der Waals surface area contributed by atoms with Gasteiger partial charge in [-0.05, 0) is 50.0 Å². The van der Waals surface area contributed by atoms with E-state index in [2.05, 4.69) is 13.8 Å². The summed E-state index contributed by atoms with van der Waals surface area (Å²) in [6.45, 7) is 9.32. The van der Waals surface area contributed by atoms with Gasteiger partial charge in [-0.1, -0.05) is 103 Å². The van der Waals surface area contributed by atoms with Crippen molar-refractivity contribution >= 4 is 0 Å². The fraction of sp³-hybridized carbons (Fsp3) is 0.553. The second kappa shape index (κ2) is 16.9. The van der Waals surface area contributed by atoms with Gasteiger partial charge in [0, 0.05) is 0 Å². The smallest absolute Gasteiger partial charge is 0.167 e. The summed E-state index contributed by atoms with van der Waals surface area (Å²) < 4.78 is 18.1. The van der Waals surface area contributed by atoms with Crippen molar-refractivity contribution in [2.24, 2.45) is 0 Å². The number of allylic oxidation sites excluding steroid dienone is 4. The van der Waals surface area contributed by atoms with E-state index < -0.39 is 23.0 Å². The molecule has 4 atom stereocenters. The van der Waals surface area contributed by atoms with Gasteiger partial charge < -0.3 is 24.4 Å². The first-order valence-corrected chi connectivity index (χ1v) is 17.2. The molecule has 46 heavy (non-hydrogen) atoms. The molecule has 250 valence electrons. The topological polar surface area (TPSA) is 107 Å². The highest BCUT2D eigenvalue weighted by molar-refractivity contribution is 5.64. The number of methoxy groups -OCH3 is 1. The van der Waals surface area contributed by atoms with Gasteiger partial charge in [-0.3, -0.25) is 0 Å². The van der Waals surface area contributed by atoms with E-state index in [1.54, 1.807) is 7.11 Å². The molecule has 2 aromatic rings. The van der Waals surface area contributed by atoms with Crippen LogP contribution in [0.15, 0.2) is 72.2 Å². The molecule has 2 aliphatic carbocycles. The van der Waals surface area contributed by atoms with E-state index in [9.17, 15) is 10.2 Å². The van der Waals surface area contributed by atoms with Gasteiger partial charge in [0.1, 0.15) is 40.1 Å². The molecule has 1 aromatic heterocycles. The Morgan fingerprint density at radius 3 is 1.63 bits per heavy atom. The second-order valence-corrected chi connectivity index (χ2v) is 12.2. The maximum absolute atomic E-state index is 12.2.